The smallest absolute Gasteiger partial charge is 0.0802 e. The summed E-state index contributed by atoms with van der Waals surface area (Å²) in [5.74, 6) is 6.42. The van der Waals surface area contributed by atoms with Crippen LogP contribution < -0.4 is 11.3 Å². The van der Waals surface area contributed by atoms with Gasteiger partial charge in [0.25, 0.3) is 0 Å². The Labute approximate surface area is 131 Å². The van der Waals surface area contributed by atoms with Crippen molar-refractivity contribution in [3.63, 3.8) is 0 Å². The van der Waals surface area contributed by atoms with Gasteiger partial charge in [0.2, 0.25) is 0 Å². The highest BCUT2D eigenvalue weighted by molar-refractivity contribution is 7.12. The van der Waals surface area contributed by atoms with E-state index < -0.39 is 0 Å². The molecule has 1 atom stereocenters. The standard InChI is InChI=1S/C18H24N2S/c1-12(2)13-7-9-14(10-8-13)18(20-19)17-11-15-5-3-4-6-16(15)21-17/h7-12,18,20H,3-6,19H2,1-2H3. The average molecular weight is 300 g/mol. The predicted octanol–water partition coefficient (Wildman–Crippen LogP) is 4.30. The van der Waals surface area contributed by atoms with Crippen LogP contribution in [0.3, 0.4) is 0 Å². The van der Waals surface area contributed by atoms with Gasteiger partial charge in [0.1, 0.15) is 0 Å². The van der Waals surface area contributed by atoms with Crippen LogP contribution in [0.15, 0.2) is 30.3 Å². The third kappa shape index (κ3) is 3.05. The predicted molar refractivity (Wildman–Crippen MR) is 90.7 cm³/mol. The van der Waals surface area contributed by atoms with Crippen LogP contribution in [0.25, 0.3) is 0 Å². The molecule has 1 aliphatic carbocycles. The molecule has 0 spiro atoms. The van der Waals surface area contributed by atoms with Crippen molar-refractivity contribution in [3.05, 3.63) is 56.8 Å². The van der Waals surface area contributed by atoms with Crippen molar-refractivity contribution < 1.29 is 0 Å². The second-order valence-corrected chi connectivity index (χ2v) is 7.39. The average Bonchev–Trinajstić information content (AvgIpc) is 2.92. The minimum absolute atomic E-state index is 0.113. The number of hydrogen-bond acceptors (Lipinski definition) is 3. The molecular formula is C18H24N2S. The summed E-state index contributed by atoms with van der Waals surface area (Å²) in [5, 5.41) is 0. The van der Waals surface area contributed by atoms with Crippen molar-refractivity contribution >= 4 is 11.3 Å². The highest BCUT2D eigenvalue weighted by Gasteiger charge is 2.19. The van der Waals surface area contributed by atoms with E-state index in [0.717, 1.165) is 0 Å². The number of thiophene rings is 1. The number of aryl methyl sites for hydroxylation is 2. The van der Waals surface area contributed by atoms with Crippen LogP contribution in [0.5, 0.6) is 0 Å². The Bertz CT molecular complexity index is 575. The zero-order valence-electron chi connectivity index (χ0n) is 12.9. The summed E-state index contributed by atoms with van der Waals surface area (Å²) < 4.78 is 0. The van der Waals surface area contributed by atoms with Crippen molar-refractivity contribution in [3.8, 4) is 0 Å². The molecule has 112 valence electrons. The molecule has 1 heterocycles. The maximum absolute atomic E-state index is 5.85. The quantitative estimate of drug-likeness (QED) is 0.652. The Morgan fingerprint density at radius 1 is 1.05 bits per heavy atom. The van der Waals surface area contributed by atoms with E-state index in [1.54, 1.807) is 10.4 Å². The lowest BCUT2D eigenvalue weighted by molar-refractivity contribution is 0.645. The van der Waals surface area contributed by atoms with E-state index in [2.05, 4.69) is 49.6 Å². The van der Waals surface area contributed by atoms with E-state index in [0.29, 0.717) is 5.92 Å². The molecule has 0 bridgehead atoms. The summed E-state index contributed by atoms with van der Waals surface area (Å²) in [6, 6.07) is 11.3. The first-order valence-corrected chi connectivity index (χ1v) is 8.68. The zero-order valence-corrected chi connectivity index (χ0v) is 13.7. The first-order chi connectivity index (χ1) is 10.2. The molecule has 0 aliphatic heterocycles. The molecule has 1 aromatic heterocycles. The molecule has 0 saturated heterocycles. The van der Waals surface area contributed by atoms with Crippen LogP contribution in [-0.2, 0) is 12.8 Å². The Hall–Kier alpha value is -1.16. The molecule has 0 radical (unpaired) electrons. The molecular weight excluding hydrogens is 276 g/mol. The van der Waals surface area contributed by atoms with Crippen molar-refractivity contribution in [1.29, 1.82) is 0 Å². The molecule has 1 aromatic carbocycles. The Balaban J connectivity index is 1.88. The van der Waals surface area contributed by atoms with Crippen LogP contribution in [0, 0.1) is 0 Å². The third-order valence-electron chi connectivity index (χ3n) is 4.40. The number of nitrogens with one attached hydrogen (secondary N) is 1. The second kappa shape index (κ2) is 6.30. The fourth-order valence-corrected chi connectivity index (χ4v) is 4.42. The number of hydrazine groups is 1. The summed E-state index contributed by atoms with van der Waals surface area (Å²) in [6.45, 7) is 4.45. The van der Waals surface area contributed by atoms with Gasteiger partial charge in [-0.2, -0.15) is 0 Å². The maximum atomic E-state index is 5.85. The number of rotatable bonds is 4. The molecule has 3 rings (SSSR count). The normalized spacial score (nSPS) is 16.0. The molecule has 3 N–H and O–H groups in total. The minimum Gasteiger partial charge on any atom is -0.271 e. The largest absolute Gasteiger partial charge is 0.271 e. The van der Waals surface area contributed by atoms with Crippen molar-refractivity contribution in [2.75, 3.05) is 0 Å². The van der Waals surface area contributed by atoms with Crippen LogP contribution in [0.2, 0.25) is 0 Å². The Morgan fingerprint density at radius 2 is 1.71 bits per heavy atom. The molecule has 0 amide bonds. The number of benzene rings is 1. The van der Waals surface area contributed by atoms with Crippen LogP contribution in [0.4, 0.5) is 0 Å². The van der Waals surface area contributed by atoms with Gasteiger partial charge in [-0.05, 0) is 54.4 Å². The first-order valence-electron chi connectivity index (χ1n) is 7.86. The lowest BCUT2D eigenvalue weighted by Gasteiger charge is -2.16. The summed E-state index contributed by atoms with van der Waals surface area (Å²) in [5.41, 5.74) is 7.17. The molecule has 1 unspecified atom stereocenters. The van der Waals surface area contributed by atoms with Crippen molar-refractivity contribution in [1.82, 2.24) is 5.43 Å². The fourth-order valence-electron chi connectivity index (χ4n) is 3.07. The van der Waals surface area contributed by atoms with Crippen molar-refractivity contribution in [2.24, 2.45) is 5.84 Å². The maximum Gasteiger partial charge on any atom is 0.0802 e. The Kier molecular flexibility index (Phi) is 4.43. The van der Waals surface area contributed by atoms with Gasteiger partial charge in [-0.25, -0.2) is 5.43 Å². The van der Waals surface area contributed by atoms with Gasteiger partial charge >= 0.3 is 0 Å². The molecule has 0 fully saturated rings. The van der Waals surface area contributed by atoms with Gasteiger partial charge in [-0.15, -0.1) is 11.3 Å². The van der Waals surface area contributed by atoms with Crippen LogP contribution in [-0.4, -0.2) is 0 Å². The van der Waals surface area contributed by atoms with E-state index in [4.69, 9.17) is 5.84 Å². The third-order valence-corrected chi connectivity index (χ3v) is 5.71. The van der Waals surface area contributed by atoms with Gasteiger partial charge in [0.05, 0.1) is 6.04 Å². The fraction of sp³-hybridized carbons (Fsp3) is 0.444. The summed E-state index contributed by atoms with van der Waals surface area (Å²) in [4.78, 5) is 2.91. The Morgan fingerprint density at radius 3 is 2.33 bits per heavy atom. The molecule has 1 aliphatic rings. The number of hydrogen-bond donors (Lipinski definition) is 2. The van der Waals surface area contributed by atoms with E-state index in [1.165, 1.54) is 41.7 Å². The molecule has 2 aromatic rings. The summed E-state index contributed by atoms with van der Waals surface area (Å²) >= 11 is 1.93. The monoisotopic (exact) mass is 300 g/mol. The van der Waals surface area contributed by atoms with E-state index in [1.807, 2.05) is 11.3 Å². The second-order valence-electron chi connectivity index (χ2n) is 6.23. The topological polar surface area (TPSA) is 38.0 Å². The summed E-state index contributed by atoms with van der Waals surface area (Å²) in [7, 11) is 0. The highest BCUT2D eigenvalue weighted by atomic mass is 32.1. The van der Waals surface area contributed by atoms with E-state index in [-0.39, 0.29) is 6.04 Å². The van der Waals surface area contributed by atoms with Crippen molar-refractivity contribution in [2.45, 2.75) is 51.5 Å². The molecule has 3 heteroatoms. The molecule has 21 heavy (non-hydrogen) atoms. The summed E-state index contributed by atoms with van der Waals surface area (Å²) in [6.07, 6.45) is 5.13. The van der Waals surface area contributed by atoms with E-state index >= 15 is 0 Å². The van der Waals surface area contributed by atoms with Gasteiger partial charge in [0.15, 0.2) is 0 Å². The van der Waals surface area contributed by atoms with Crippen LogP contribution >= 0.6 is 11.3 Å². The minimum atomic E-state index is 0.113. The van der Waals surface area contributed by atoms with Gasteiger partial charge < -0.3 is 0 Å². The van der Waals surface area contributed by atoms with E-state index in [9.17, 15) is 0 Å². The lowest BCUT2D eigenvalue weighted by atomic mass is 9.96. The highest BCUT2D eigenvalue weighted by Crippen LogP contribution is 2.35. The van der Waals surface area contributed by atoms with Crippen LogP contribution in [0.1, 0.15) is 65.1 Å². The van der Waals surface area contributed by atoms with Gasteiger partial charge in [0, 0.05) is 9.75 Å². The number of nitrogens with two attached hydrogens (primary N) is 1. The first kappa shape index (κ1) is 14.8. The zero-order chi connectivity index (χ0) is 14.8. The lowest BCUT2D eigenvalue weighted by Crippen LogP contribution is -2.28. The SMILES string of the molecule is CC(C)c1ccc(C(NN)c2cc3c(s2)CCCC3)cc1. The molecule has 0 saturated carbocycles. The number of fused-ring (bicyclic) bond motifs is 1. The van der Waals surface area contributed by atoms with Gasteiger partial charge in [-0.1, -0.05) is 38.1 Å². The molecule has 2 nitrogen and oxygen atoms in total. The van der Waals surface area contributed by atoms with Gasteiger partial charge in [-0.3, -0.25) is 5.84 Å².